The van der Waals surface area contributed by atoms with Gasteiger partial charge in [-0.15, -0.1) is 0 Å². The van der Waals surface area contributed by atoms with Gasteiger partial charge in [-0.1, -0.05) is 42.0 Å². The van der Waals surface area contributed by atoms with Crippen molar-refractivity contribution in [2.75, 3.05) is 0 Å². The molecule has 0 aliphatic rings. The van der Waals surface area contributed by atoms with Crippen LogP contribution in [0.1, 0.15) is 22.8 Å². The summed E-state index contributed by atoms with van der Waals surface area (Å²) in [6.45, 7) is 1.98. The maximum Gasteiger partial charge on any atom is 0.123 e. The predicted molar refractivity (Wildman–Crippen MR) is 61.6 cm³/mol. The zero-order valence-electron chi connectivity index (χ0n) is 9.02. The second kappa shape index (κ2) is 4.45. The van der Waals surface area contributed by atoms with Crippen molar-refractivity contribution in [3.05, 3.63) is 71.0 Å². The molecule has 16 heavy (non-hydrogen) atoms. The Morgan fingerprint density at radius 1 is 1.00 bits per heavy atom. The van der Waals surface area contributed by atoms with Crippen molar-refractivity contribution in [1.82, 2.24) is 0 Å². The molecule has 0 aromatic heterocycles. The maximum absolute atomic E-state index is 13.0. The van der Waals surface area contributed by atoms with Gasteiger partial charge in [0.05, 0.1) is 0 Å². The monoisotopic (exact) mass is 216 g/mol. The predicted octanol–water partition coefficient (Wildman–Crippen LogP) is 3.22. The molecule has 0 aliphatic heterocycles. The summed E-state index contributed by atoms with van der Waals surface area (Å²) in [5, 5.41) is 10.0. The molecule has 2 aromatic carbocycles. The van der Waals surface area contributed by atoms with Gasteiger partial charge in [-0.2, -0.15) is 0 Å². The first-order valence-electron chi connectivity index (χ1n) is 5.17. The third-order valence-electron chi connectivity index (χ3n) is 2.56. The number of benzene rings is 2. The number of rotatable bonds is 2. The largest absolute Gasteiger partial charge is 0.384 e. The average Bonchev–Trinajstić information content (AvgIpc) is 2.29. The van der Waals surface area contributed by atoms with E-state index in [1.54, 1.807) is 12.1 Å². The lowest BCUT2D eigenvalue weighted by Gasteiger charge is -2.11. The first-order chi connectivity index (χ1) is 7.66. The van der Waals surface area contributed by atoms with Crippen molar-refractivity contribution >= 4 is 0 Å². The van der Waals surface area contributed by atoms with Crippen LogP contribution in [0, 0.1) is 12.7 Å². The molecular formula is C14H13FO. The van der Waals surface area contributed by atoms with Gasteiger partial charge in [0.15, 0.2) is 0 Å². The van der Waals surface area contributed by atoms with Gasteiger partial charge in [-0.05, 0) is 30.2 Å². The highest BCUT2D eigenvalue weighted by Gasteiger charge is 2.10. The smallest absolute Gasteiger partial charge is 0.123 e. The Labute approximate surface area is 94.2 Å². The van der Waals surface area contributed by atoms with E-state index in [0.717, 1.165) is 11.1 Å². The average molecular weight is 216 g/mol. The SMILES string of the molecule is Cc1ccc(C(O)c2cccc(F)c2)cc1. The van der Waals surface area contributed by atoms with Gasteiger partial charge in [-0.25, -0.2) is 4.39 Å². The van der Waals surface area contributed by atoms with E-state index in [2.05, 4.69) is 0 Å². The van der Waals surface area contributed by atoms with Crippen molar-refractivity contribution < 1.29 is 9.50 Å². The fourth-order valence-corrected chi connectivity index (χ4v) is 1.62. The third-order valence-corrected chi connectivity index (χ3v) is 2.56. The van der Waals surface area contributed by atoms with Crippen molar-refractivity contribution in [1.29, 1.82) is 0 Å². The summed E-state index contributed by atoms with van der Waals surface area (Å²) in [6, 6.07) is 13.6. The summed E-state index contributed by atoms with van der Waals surface area (Å²) in [5.74, 6) is -0.330. The van der Waals surface area contributed by atoms with Gasteiger partial charge in [0.2, 0.25) is 0 Å². The molecule has 0 spiro atoms. The van der Waals surface area contributed by atoms with E-state index in [4.69, 9.17) is 0 Å². The summed E-state index contributed by atoms with van der Waals surface area (Å²) >= 11 is 0. The van der Waals surface area contributed by atoms with Crippen LogP contribution in [0.4, 0.5) is 4.39 Å². The van der Waals surface area contributed by atoms with Gasteiger partial charge in [0, 0.05) is 0 Å². The minimum Gasteiger partial charge on any atom is -0.384 e. The van der Waals surface area contributed by atoms with Crippen LogP contribution in [0.25, 0.3) is 0 Å². The minimum absolute atomic E-state index is 0.330. The molecule has 2 heteroatoms. The van der Waals surface area contributed by atoms with Gasteiger partial charge < -0.3 is 5.11 Å². The van der Waals surface area contributed by atoms with Crippen LogP contribution in [0.5, 0.6) is 0 Å². The first-order valence-corrected chi connectivity index (χ1v) is 5.17. The molecule has 2 aromatic rings. The number of halogens is 1. The Bertz CT molecular complexity index is 476. The molecule has 0 aliphatic carbocycles. The van der Waals surface area contributed by atoms with Crippen LogP contribution in [0.3, 0.4) is 0 Å². The number of hydrogen-bond acceptors (Lipinski definition) is 1. The molecule has 0 saturated carbocycles. The van der Waals surface area contributed by atoms with Crippen molar-refractivity contribution in [2.24, 2.45) is 0 Å². The zero-order valence-corrected chi connectivity index (χ0v) is 9.02. The lowest BCUT2D eigenvalue weighted by Crippen LogP contribution is -1.99. The number of aryl methyl sites for hydroxylation is 1. The van der Waals surface area contributed by atoms with Crippen LogP contribution in [0.2, 0.25) is 0 Å². The Morgan fingerprint density at radius 3 is 2.31 bits per heavy atom. The molecular weight excluding hydrogens is 203 g/mol. The first kappa shape index (κ1) is 10.8. The fraction of sp³-hybridized carbons (Fsp3) is 0.143. The molecule has 1 nitrogen and oxygen atoms in total. The van der Waals surface area contributed by atoms with Gasteiger partial charge >= 0.3 is 0 Å². The highest BCUT2D eigenvalue weighted by atomic mass is 19.1. The summed E-state index contributed by atoms with van der Waals surface area (Å²) < 4.78 is 13.0. The quantitative estimate of drug-likeness (QED) is 0.817. The molecule has 1 unspecified atom stereocenters. The molecule has 0 saturated heterocycles. The Kier molecular flexibility index (Phi) is 3.02. The molecule has 1 atom stereocenters. The second-order valence-electron chi connectivity index (χ2n) is 3.87. The maximum atomic E-state index is 13.0. The molecule has 0 heterocycles. The molecule has 0 amide bonds. The Balaban J connectivity index is 2.31. The van der Waals surface area contributed by atoms with E-state index in [-0.39, 0.29) is 5.82 Å². The Morgan fingerprint density at radius 2 is 1.69 bits per heavy atom. The summed E-state index contributed by atoms with van der Waals surface area (Å²) in [4.78, 5) is 0. The standard InChI is InChI=1S/C14H13FO/c1-10-5-7-11(8-6-10)14(16)12-3-2-4-13(15)9-12/h2-9,14,16H,1H3. The second-order valence-corrected chi connectivity index (χ2v) is 3.87. The molecule has 1 N–H and O–H groups in total. The summed E-state index contributed by atoms with van der Waals surface area (Å²) in [5.41, 5.74) is 2.48. The number of aliphatic hydroxyl groups is 1. The Hall–Kier alpha value is -1.67. The topological polar surface area (TPSA) is 20.2 Å². The third kappa shape index (κ3) is 2.28. The molecule has 2 rings (SSSR count). The molecule has 0 fully saturated rings. The van der Waals surface area contributed by atoms with E-state index in [1.807, 2.05) is 31.2 Å². The van der Waals surface area contributed by atoms with Crippen LogP contribution < -0.4 is 0 Å². The van der Waals surface area contributed by atoms with E-state index in [9.17, 15) is 9.50 Å². The van der Waals surface area contributed by atoms with E-state index in [1.165, 1.54) is 12.1 Å². The lowest BCUT2D eigenvalue weighted by atomic mass is 10.0. The van der Waals surface area contributed by atoms with E-state index >= 15 is 0 Å². The van der Waals surface area contributed by atoms with E-state index < -0.39 is 6.10 Å². The van der Waals surface area contributed by atoms with Crippen LogP contribution in [-0.2, 0) is 0 Å². The van der Waals surface area contributed by atoms with E-state index in [0.29, 0.717) is 5.56 Å². The lowest BCUT2D eigenvalue weighted by molar-refractivity contribution is 0.220. The highest BCUT2D eigenvalue weighted by Crippen LogP contribution is 2.22. The van der Waals surface area contributed by atoms with Crippen molar-refractivity contribution in [3.63, 3.8) is 0 Å². The number of hydrogen-bond donors (Lipinski definition) is 1. The van der Waals surface area contributed by atoms with Gasteiger partial charge in [-0.3, -0.25) is 0 Å². The summed E-state index contributed by atoms with van der Waals surface area (Å²) in [6.07, 6.45) is -0.767. The highest BCUT2D eigenvalue weighted by molar-refractivity contribution is 5.31. The van der Waals surface area contributed by atoms with Gasteiger partial charge in [0.1, 0.15) is 11.9 Å². The molecule has 0 radical (unpaired) electrons. The molecule has 0 bridgehead atoms. The molecule has 82 valence electrons. The fourth-order valence-electron chi connectivity index (χ4n) is 1.62. The van der Waals surface area contributed by atoms with Crippen LogP contribution >= 0.6 is 0 Å². The van der Waals surface area contributed by atoms with Gasteiger partial charge in [0.25, 0.3) is 0 Å². The van der Waals surface area contributed by atoms with Crippen LogP contribution in [0.15, 0.2) is 48.5 Å². The minimum atomic E-state index is -0.767. The summed E-state index contributed by atoms with van der Waals surface area (Å²) in [7, 11) is 0. The zero-order chi connectivity index (χ0) is 11.5. The normalized spacial score (nSPS) is 12.4. The van der Waals surface area contributed by atoms with Crippen molar-refractivity contribution in [2.45, 2.75) is 13.0 Å². The van der Waals surface area contributed by atoms with Crippen LogP contribution in [-0.4, -0.2) is 5.11 Å². The van der Waals surface area contributed by atoms with Crippen molar-refractivity contribution in [3.8, 4) is 0 Å². The number of aliphatic hydroxyl groups excluding tert-OH is 1.